The molecule has 0 aromatic carbocycles. The highest BCUT2D eigenvalue weighted by atomic mass is 28.3. The molecule has 0 aromatic heterocycles. The SMILES string of the molecule is COC(=O)CCCCCC(O)C1(O[SiH](C)C)C(=O)CC(C(C)(C)C)C1C=CC(CCCCCO[SiH](C)C)C(C)(C)C. The first-order valence-corrected chi connectivity index (χ1v) is 21.8. The number of hydrogen-bond donors (Lipinski definition) is 1. The molecule has 41 heavy (non-hydrogen) atoms. The third kappa shape index (κ3) is 12.4. The highest BCUT2D eigenvalue weighted by molar-refractivity contribution is 6.49. The number of hydrogen-bond acceptors (Lipinski definition) is 6. The summed E-state index contributed by atoms with van der Waals surface area (Å²) < 4.78 is 17.3. The molecule has 1 aliphatic carbocycles. The number of ketones is 1. The second kappa shape index (κ2) is 17.5. The molecule has 0 spiro atoms. The number of aliphatic hydroxyl groups is 1. The molecule has 1 aliphatic rings. The first-order valence-electron chi connectivity index (χ1n) is 16.2. The maximum atomic E-state index is 14.0. The summed E-state index contributed by atoms with van der Waals surface area (Å²) in [5, 5.41) is 11.8. The van der Waals surface area contributed by atoms with E-state index in [0.717, 1.165) is 45.1 Å². The molecule has 0 aromatic rings. The van der Waals surface area contributed by atoms with E-state index in [1.54, 1.807) is 0 Å². The second-order valence-electron chi connectivity index (χ2n) is 14.9. The number of carbonyl (C=O) groups is 2. The van der Waals surface area contributed by atoms with Crippen LogP contribution in [0.5, 0.6) is 0 Å². The Kier molecular flexibility index (Phi) is 16.3. The van der Waals surface area contributed by atoms with Gasteiger partial charge in [0.25, 0.3) is 0 Å². The van der Waals surface area contributed by atoms with E-state index >= 15 is 0 Å². The van der Waals surface area contributed by atoms with Crippen LogP contribution in [0.3, 0.4) is 0 Å². The molecule has 8 heteroatoms. The molecule has 1 fully saturated rings. The number of methoxy groups -OCH3 is 1. The molecule has 240 valence electrons. The predicted molar refractivity (Wildman–Crippen MR) is 175 cm³/mol. The van der Waals surface area contributed by atoms with Crippen LogP contribution in [0.1, 0.15) is 106 Å². The van der Waals surface area contributed by atoms with Crippen molar-refractivity contribution in [1.29, 1.82) is 0 Å². The molecule has 0 saturated heterocycles. The van der Waals surface area contributed by atoms with Gasteiger partial charge in [0.15, 0.2) is 23.9 Å². The number of carbonyl (C=O) groups excluding carboxylic acids is 2. The predicted octanol–water partition coefficient (Wildman–Crippen LogP) is 7.24. The van der Waals surface area contributed by atoms with Gasteiger partial charge in [-0.3, -0.25) is 9.59 Å². The maximum Gasteiger partial charge on any atom is 0.305 e. The van der Waals surface area contributed by atoms with Gasteiger partial charge in [0.05, 0.1) is 13.2 Å². The normalized spacial score (nSPS) is 23.6. The van der Waals surface area contributed by atoms with Crippen LogP contribution in [0.2, 0.25) is 26.2 Å². The molecule has 0 heterocycles. The van der Waals surface area contributed by atoms with Crippen molar-refractivity contribution >= 4 is 29.8 Å². The van der Waals surface area contributed by atoms with Gasteiger partial charge in [-0.25, -0.2) is 0 Å². The Bertz CT molecular complexity index is 814. The van der Waals surface area contributed by atoms with Crippen LogP contribution >= 0.6 is 0 Å². The Morgan fingerprint density at radius 3 is 2.12 bits per heavy atom. The van der Waals surface area contributed by atoms with Gasteiger partial charge in [-0.05, 0) is 74.5 Å². The molecule has 5 atom stereocenters. The smallest absolute Gasteiger partial charge is 0.305 e. The second-order valence-corrected chi connectivity index (χ2v) is 19.7. The topological polar surface area (TPSA) is 82.1 Å². The van der Waals surface area contributed by atoms with Gasteiger partial charge in [0.1, 0.15) is 5.60 Å². The zero-order valence-electron chi connectivity index (χ0n) is 28.4. The molecule has 1 N–H and O–H groups in total. The number of rotatable bonds is 18. The minimum Gasteiger partial charge on any atom is -0.469 e. The fourth-order valence-electron chi connectivity index (χ4n) is 6.25. The highest BCUT2D eigenvalue weighted by Gasteiger charge is 2.60. The summed E-state index contributed by atoms with van der Waals surface area (Å²) >= 11 is 0. The van der Waals surface area contributed by atoms with Crippen molar-refractivity contribution in [2.75, 3.05) is 13.7 Å². The van der Waals surface area contributed by atoms with Crippen molar-refractivity contribution in [3.8, 4) is 0 Å². The van der Waals surface area contributed by atoms with Crippen LogP contribution < -0.4 is 0 Å². The zero-order valence-corrected chi connectivity index (χ0v) is 30.7. The molecule has 0 radical (unpaired) electrons. The first-order chi connectivity index (χ1) is 19.0. The Labute approximate surface area is 255 Å². The van der Waals surface area contributed by atoms with Crippen LogP contribution in [-0.2, 0) is 23.2 Å². The van der Waals surface area contributed by atoms with Gasteiger partial charge in [-0.2, -0.15) is 0 Å². The maximum absolute atomic E-state index is 14.0. The van der Waals surface area contributed by atoms with E-state index in [-0.39, 0.29) is 34.4 Å². The van der Waals surface area contributed by atoms with E-state index in [4.69, 9.17) is 13.6 Å². The van der Waals surface area contributed by atoms with Gasteiger partial charge in [0.2, 0.25) is 0 Å². The molecular formula is C33H64O6Si2. The average molecular weight is 613 g/mol. The lowest BCUT2D eigenvalue weighted by atomic mass is 9.69. The Morgan fingerprint density at radius 1 is 0.976 bits per heavy atom. The number of unbranched alkanes of at least 4 members (excludes halogenated alkanes) is 4. The van der Waals surface area contributed by atoms with Crippen molar-refractivity contribution < 1.29 is 28.3 Å². The molecule has 0 bridgehead atoms. The van der Waals surface area contributed by atoms with Gasteiger partial charge >= 0.3 is 5.97 Å². The molecule has 0 aliphatic heterocycles. The van der Waals surface area contributed by atoms with Crippen LogP contribution in [0, 0.1) is 28.6 Å². The standard InChI is InChI=1S/C33H64O6Si2/c1-31(2,3)25(18-14-13-17-23-38-40(8)9)21-22-26-27(32(4,5)6)24-29(35)33(26,39-41(10)11)28(34)19-15-12-16-20-30(36)37-7/h21-22,25-28,34,40-41H,12-20,23-24H2,1-11H3. The summed E-state index contributed by atoms with van der Waals surface area (Å²) in [4.78, 5) is 25.4. The van der Waals surface area contributed by atoms with Crippen LogP contribution in [-0.4, -0.2) is 60.4 Å². The fourth-order valence-corrected chi connectivity index (χ4v) is 8.11. The lowest BCUT2D eigenvalue weighted by Gasteiger charge is -2.43. The Hall–Kier alpha value is -0.806. The Morgan fingerprint density at radius 2 is 1.59 bits per heavy atom. The van der Waals surface area contributed by atoms with Crippen molar-refractivity contribution in [1.82, 2.24) is 0 Å². The third-order valence-electron chi connectivity index (χ3n) is 8.67. The van der Waals surface area contributed by atoms with Crippen LogP contribution in [0.15, 0.2) is 12.2 Å². The van der Waals surface area contributed by atoms with Crippen LogP contribution in [0.4, 0.5) is 0 Å². The lowest BCUT2D eigenvalue weighted by molar-refractivity contribution is -0.146. The van der Waals surface area contributed by atoms with Gasteiger partial charge in [-0.15, -0.1) is 0 Å². The fraction of sp³-hybridized carbons (Fsp3) is 0.879. The van der Waals surface area contributed by atoms with Crippen molar-refractivity contribution in [2.24, 2.45) is 28.6 Å². The average Bonchev–Trinajstić information content (AvgIpc) is 3.13. The monoisotopic (exact) mass is 612 g/mol. The number of esters is 1. The first kappa shape index (κ1) is 38.2. The van der Waals surface area contributed by atoms with Gasteiger partial charge in [-0.1, -0.05) is 79.4 Å². The molecule has 1 saturated carbocycles. The summed E-state index contributed by atoms with van der Waals surface area (Å²) in [6.07, 6.45) is 11.8. The van der Waals surface area contributed by atoms with E-state index in [9.17, 15) is 14.7 Å². The molecule has 1 rings (SSSR count). The summed E-state index contributed by atoms with van der Waals surface area (Å²) in [6.45, 7) is 23.0. The van der Waals surface area contributed by atoms with E-state index in [1.165, 1.54) is 7.11 Å². The molecule has 5 unspecified atom stereocenters. The van der Waals surface area contributed by atoms with E-state index in [2.05, 4.69) is 79.9 Å². The minimum atomic E-state index is -1.68. The number of ether oxygens (including phenoxy) is 1. The molecular weight excluding hydrogens is 549 g/mol. The highest BCUT2D eigenvalue weighted by Crippen LogP contribution is 2.52. The van der Waals surface area contributed by atoms with Gasteiger partial charge < -0.3 is 18.7 Å². The number of Topliss-reactive ketones (excluding diaryl/α,β-unsaturated/α-hetero) is 1. The summed E-state index contributed by atoms with van der Waals surface area (Å²) in [5.74, 6) is 0.120. The molecule has 0 amide bonds. The zero-order chi connectivity index (χ0) is 31.4. The quantitative estimate of drug-likeness (QED) is 0.0761. The number of aliphatic hydroxyl groups excluding tert-OH is 1. The summed E-state index contributed by atoms with van der Waals surface area (Å²) in [7, 11) is -1.23. The number of allylic oxidation sites excluding steroid dienone is 1. The van der Waals surface area contributed by atoms with Crippen molar-refractivity contribution in [3.63, 3.8) is 0 Å². The van der Waals surface area contributed by atoms with E-state index < -0.39 is 29.8 Å². The lowest BCUT2D eigenvalue weighted by Crippen LogP contribution is -2.56. The third-order valence-corrected chi connectivity index (χ3v) is 10.4. The largest absolute Gasteiger partial charge is 0.469 e. The molecule has 6 nitrogen and oxygen atoms in total. The summed E-state index contributed by atoms with van der Waals surface area (Å²) in [6, 6.07) is 0. The van der Waals surface area contributed by atoms with Crippen molar-refractivity contribution in [3.05, 3.63) is 12.2 Å². The van der Waals surface area contributed by atoms with Gasteiger partial charge in [0, 0.05) is 25.4 Å². The minimum absolute atomic E-state index is 0.0522. The van der Waals surface area contributed by atoms with E-state index in [1.807, 2.05) is 0 Å². The van der Waals surface area contributed by atoms with Crippen molar-refractivity contribution in [2.45, 2.75) is 144 Å². The van der Waals surface area contributed by atoms with Crippen LogP contribution in [0.25, 0.3) is 0 Å². The van der Waals surface area contributed by atoms with E-state index in [0.29, 0.717) is 31.6 Å². The Balaban J connectivity index is 3.23. The summed E-state index contributed by atoms with van der Waals surface area (Å²) in [5.41, 5.74) is -1.21.